The molecule has 1 aromatic carbocycles. The van der Waals surface area contributed by atoms with Gasteiger partial charge in [-0.1, -0.05) is 54.8 Å². The molecule has 19 heavy (non-hydrogen) atoms. The van der Waals surface area contributed by atoms with E-state index in [0.29, 0.717) is 5.92 Å². The summed E-state index contributed by atoms with van der Waals surface area (Å²) in [7, 11) is 0. The van der Waals surface area contributed by atoms with Crippen LogP contribution in [0.2, 0.25) is 0 Å². The molecule has 1 aromatic rings. The lowest BCUT2D eigenvalue weighted by atomic mass is 9.98. The fraction of sp³-hybridized carbons (Fsp3) is 0.562. The van der Waals surface area contributed by atoms with Crippen LogP contribution < -0.4 is 5.32 Å². The van der Waals surface area contributed by atoms with Crippen LogP contribution in [-0.2, 0) is 0 Å². The fourth-order valence-electron chi connectivity index (χ4n) is 2.68. The lowest BCUT2D eigenvalue weighted by molar-refractivity contribution is 0.0910. The number of carbonyl (C=O) groups excluding carboxylic acids is 1. The zero-order chi connectivity index (χ0) is 13.9. The van der Waals surface area contributed by atoms with Gasteiger partial charge in [0.15, 0.2) is 0 Å². The monoisotopic (exact) mass is 323 g/mol. The highest BCUT2D eigenvalue weighted by Crippen LogP contribution is 2.31. The number of benzene rings is 1. The largest absolute Gasteiger partial charge is 0.346 e. The van der Waals surface area contributed by atoms with Crippen molar-refractivity contribution in [1.82, 2.24) is 5.32 Å². The van der Waals surface area contributed by atoms with Crippen LogP contribution >= 0.6 is 15.9 Å². The highest BCUT2D eigenvalue weighted by atomic mass is 79.9. The fourth-order valence-corrected chi connectivity index (χ4v) is 3.38. The van der Waals surface area contributed by atoms with Crippen LogP contribution in [0.3, 0.4) is 0 Å². The number of hydrogen-bond acceptors (Lipinski definition) is 1. The number of halogens is 1. The van der Waals surface area contributed by atoms with E-state index in [1.165, 1.54) is 18.4 Å². The van der Waals surface area contributed by atoms with E-state index < -0.39 is 0 Å². The molecule has 2 nitrogen and oxygen atoms in total. The maximum absolute atomic E-state index is 12.3. The van der Waals surface area contributed by atoms with Crippen LogP contribution in [0.4, 0.5) is 0 Å². The molecule has 1 aliphatic carbocycles. The Hall–Kier alpha value is -0.830. The molecule has 0 atom stereocenters. The standard InChI is InChI=1S/C16H22BrNO/c1-12(2)13-5-7-14(8-6-13)15(19)18-16(11-17)9-3-4-10-16/h5-8,12H,3-4,9-11H2,1-2H3,(H,18,19). The van der Waals surface area contributed by atoms with Gasteiger partial charge in [0.1, 0.15) is 0 Å². The first-order valence-electron chi connectivity index (χ1n) is 7.05. The van der Waals surface area contributed by atoms with Gasteiger partial charge < -0.3 is 5.32 Å². The molecule has 1 N–H and O–H groups in total. The van der Waals surface area contributed by atoms with Gasteiger partial charge in [0.25, 0.3) is 5.91 Å². The van der Waals surface area contributed by atoms with Gasteiger partial charge in [-0.05, 0) is 36.5 Å². The molecular formula is C16H22BrNO. The van der Waals surface area contributed by atoms with Crippen molar-refractivity contribution in [2.45, 2.75) is 51.0 Å². The Kier molecular flexibility index (Phi) is 4.67. The number of carbonyl (C=O) groups is 1. The zero-order valence-electron chi connectivity index (χ0n) is 11.7. The maximum Gasteiger partial charge on any atom is 0.251 e. The Bertz CT molecular complexity index is 433. The van der Waals surface area contributed by atoms with E-state index in [1.807, 2.05) is 12.1 Å². The smallest absolute Gasteiger partial charge is 0.251 e. The lowest BCUT2D eigenvalue weighted by Crippen LogP contribution is -2.47. The van der Waals surface area contributed by atoms with Crippen molar-refractivity contribution in [3.8, 4) is 0 Å². The normalized spacial score (nSPS) is 17.7. The van der Waals surface area contributed by atoms with Gasteiger partial charge >= 0.3 is 0 Å². The third-order valence-electron chi connectivity index (χ3n) is 4.03. The van der Waals surface area contributed by atoms with E-state index in [1.54, 1.807) is 0 Å². The average Bonchev–Trinajstić information content (AvgIpc) is 2.88. The van der Waals surface area contributed by atoms with E-state index in [4.69, 9.17) is 0 Å². The second-order valence-electron chi connectivity index (χ2n) is 5.85. The third-order valence-corrected chi connectivity index (χ3v) is 5.11. The summed E-state index contributed by atoms with van der Waals surface area (Å²) in [4.78, 5) is 12.3. The molecule has 0 heterocycles. The Balaban J connectivity index is 2.07. The van der Waals surface area contributed by atoms with Crippen molar-refractivity contribution in [3.05, 3.63) is 35.4 Å². The molecule has 3 heteroatoms. The molecule has 0 bridgehead atoms. The molecule has 1 amide bonds. The van der Waals surface area contributed by atoms with Gasteiger partial charge in [0.2, 0.25) is 0 Å². The van der Waals surface area contributed by atoms with Gasteiger partial charge in [-0.25, -0.2) is 0 Å². The molecule has 0 aromatic heterocycles. The van der Waals surface area contributed by atoms with Crippen LogP contribution in [0.5, 0.6) is 0 Å². The third kappa shape index (κ3) is 3.38. The SMILES string of the molecule is CC(C)c1ccc(C(=O)NC2(CBr)CCCC2)cc1. The lowest BCUT2D eigenvalue weighted by Gasteiger charge is -2.28. The first kappa shape index (κ1) is 14.6. The summed E-state index contributed by atoms with van der Waals surface area (Å²) in [6, 6.07) is 7.97. The highest BCUT2D eigenvalue weighted by Gasteiger charge is 2.34. The summed E-state index contributed by atoms with van der Waals surface area (Å²) >= 11 is 3.55. The molecule has 1 aliphatic rings. The Labute approximate surface area is 124 Å². The first-order valence-corrected chi connectivity index (χ1v) is 8.17. The van der Waals surface area contributed by atoms with Crippen LogP contribution in [0.15, 0.2) is 24.3 Å². The highest BCUT2D eigenvalue weighted by molar-refractivity contribution is 9.09. The van der Waals surface area contributed by atoms with E-state index in [-0.39, 0.29) is 11.4 Å². The molecule has 0 radical (unpaired) electrons. The number of rotatable bonds is 4. The Morgan fingerprint density at radius 1 is 1.26 bits per heavy atom. The van der Waals surface area contributed by atoms with Crippen LogP contribution in [0.25, 0.3) is 0 Å². The summed E-state index contributed by atoms with van der Waals surface area (Å²) in [6.07, 6.45) is 4.57. The van der Waals surface area contributed by atoms with Gasteiger partial charge in [-0.2, -0.15) is 0 Å². The van der Waals surface area contributed by atoms with Gasteiger partial charge in [0.05, 0.1) is 5.54 Å². The van der Waals surface area contributed by atoms with Crippen molar-refractivity contribution >= 4 is 21.8 Å². The topological polar surface area (TPSA) is 29.1 Å². The number of alkyl halides is 1. The molecule has 1 saturated carbocycles. The molecule has 104 valence electrons. The van der Waals surface area contributed by atoms with E-state index >= 15 is 0 Å². The molecular weight excluding hydrogens is 302 g/mol. The minimum atomic E-state index is -0.0339. The minimum absolute atomic E-state index is 0.0339. The summed E-state index contributed by atoms with van der Waals surface area (Å²) in [6.45, 7) is 4.32. The quantitative estimate of drug-likeness (QED) is 0.824. The second kappa shape index (κ2) is 6.08. The number of amides is 1. The average molecular weight is 324 g/mol. The van der Waals surface area contributed by atoms with Crippen molar-refractivity contribution < 1.29 is 4.79 Å². The Morgan fingerprint density at radius 2 is 1.84 bits per heavy atom. The maximum atomic E-state index is 12.3. The van der Waals surface area contributed by atoms with Crippen molar-refractivity contribution in [2.24, 2.45) is 0 Å². The molecule has 0 saturated heterocycles. The second-order valence-corrected chi connectivity index (χ2v) is 6.41. The number of nitrogens with one attached hydrogen (secondary N) is 1. The van der Waals surface area contributed by atoms with Crippen LogP contribution in [-0.4, -0.2) is 16.8 Å². The van der Waals surface area contributed by atoms with Crippen LogP contribution in [0.1, 0.15) is 61.4 Å². The zero-order valence-corrected chi connectivity index (χ0v) is 13.3. The molecule has 0 aliphatic heterocycles. The molecule has 2 rings (SSSR count). The predicted octanol–water partition coefficient (Wildman–Crippen LogP) is 4.25. The minimum Gasteiger partial charge on any atom is -0.346 e. The van der Waals surface area contributed by atoms with Crippen LogP contribution in [0, 0.1) is 0 Å². The van der Waals surface area contributed by atoms with E-state index in [9.17, 15) is 4.79 Å². The van der Waals surface area contributed by atoms with Crippen molar-refractivity contribution in [2.75, 3.05) is 5.33 Å². The first-order chi connectivity index (χ1) is 9.06. The van der Waals surface area contributed by atoms with E-state index in [2.05, 4.69) is 47.2 Å². The molecule has 1 fully saturated rings. The molecule has 0 spiro atoms. The van der Waals surface area contributed by atoms with Gasteiger partial charge in [-0.3, -0.25) is 4.79 Å². The Morgan fingerprint density at radius 3 is 2.32 bits per heavy atom. The number of hydrogen-bond donors (Lipinski definition) is 1. The van der Waals surface area contributed by atoms with E-state index in [0.717, 1.165) is 23.7 Å². The summed E-state index contributed by atoms with van der Waals surface area (Å²) < 4.78 is 0. The molecule has 0 unspecified atom stereocenters. The summed E-state index contributed by atoms with van der Waals surface area (Å²) in [5.41, 5.74) is 2.00. The van der Waals surface area contributed by atoms with Crippen molar-refractivity contribution in [3.63, 3.8) is 0 Å². The summed E-state index contributed by atoms with van der Waals surface area (Å²) in [5.74, 6) is 0.553. The van der Waals surface area contributed by atoms with Gasteiger partial charge in [0, 0.05) is 10.9 Å². The predicted molar refractivity (Wildman–Crippen MR) is 83.0 cm³/mol. The summed E-state index contributed by atoms with van der Waals surface area (Å²) in [5, 5.41) is 4.06. The van der Waals surface area contributed by atoms with Crippen molar-refractivity contribution in [1.29, 1.82) is 0 Å². The van der Waals surface area contributed by atoms with Gasteiger partial charge in [-0.15, -0.1) is 0 Å².